The predicted molar refractivity (Wildman–Crippen MR) is 174 cm³/mol. The molecule has 2 saturated heterocycles. The number of aryl methyl sites for hydroxylation is 6. The fraction of sp³-hybridized carbons (Fsp3) is 0.647. The third-order valence-electron chi connectivity index (χ3n) is 6.47. The zero-order valence-electron chi connectivity index (χ0n) is 28.3. The summed E-state index contributed by atoms with van der Waals surface area (Å²) in [4.78, 5) is 0. The summed E-state index contributed by atoms with van der Waals surface area (Å²) >= 11 is 0. The molecule has 2 heterocycles. The van der Waals surface area contributed by atoms with E-state index in [1.54, 1.807) is 0 Å². The van der Waals surface area contributed by atoms with E-state index in [-0.39, 0.29) is 68.9 Å². The molecule has 2 fully saturated rings. The van der Waals surface area contributed by atoms with Gasteiger partial charge >= 0.3 is 68.9 Å². The van der Waals surface area contributed by atoms with Gasteiger partial charge in [0.05, 0.1) is 106 Å². The SMILES string of the molecule is C1COCCOCCOCCO1.C1COCCOCCOCCO1.Cc1cc(C)c([P-]c2c(C)cc(C)cc2C)c(C)c1.[Cs+]. The van der Waals surface area contributed by atoms with Gasteiger partial charge in [0.2, 0.25) is 0 Å². The van der Waals surface area contributed by atoms with Crippen LogP contribution in [-0.4, -0.2) is 106 Å². The maximum atomic E-state index is 5.22. The second kappa shape index (κ2) is 27.5. The Bertz CT molecular complexity index is 811. The zero-order valence-corrected chi connectivity index (χ0v) is 35.5. The van der Waals surface area contributed by atoms with Gasteiger partial charge in [-0.05, 0) is 41.5 Å². The normalized spacial score (nSPS) is 17.8. The Morgan fingerprint density at radius 1 is 0.341 bits per heavy atom. The molecule has 0 amide bonds. The molecule has 0 aliphatic carbocycles. The van der Waals surface area contributed by atoms with Crippen LogP contribution in [0.1, 0.15) is 33.4 Å². The molecule has 0 aromatic heterocycles. The average molecular weight is 755 g/mol. The molecule has 10 heteroatoms. The van der Waals surface area contributed by atoms with Crippen molar-refractivity contribution in [3.8, 4) is 0 Å². The van der Waals surface area contributed by atoms with Crippen molar-refractivity contribution in [2.45, 2.75) is 41.5 Å². The first-order chi connectivity index (χ1) is 20.9. The summed E-state index contributed by atoms with van der Waals surface area (Å²) in [5.74, 6) is 0. The number of rotatable bonds is 2. The molecule has 2 aromatic carbocycles. The van der Waals surface area contributed by atoms with Crippen LogP contribution >= 0.6 is 8.58 Å². The standard InChI is InChI=1S/C18H22P.2C8H16O4.Cs/c1-11-7-13(3)17(14(4)8-11)19-18-15(5)9-12(2)10-16(18)6;2*1-2-10-5-6-12-8-7-11-4-3-9-1;/h7-10H,1-6H3;2*1-8H2;/q-1;;;+1. The third kappa shape index (κ3) is 20.1. The maximum absolute atomic E-state index is 5.22. The second-order valence-electron chi connectivity index (χ2n) is 10.5. The first-order valence-corrected chi connectivity index (χ1v) is 16.3. The van der Waals surface area contributed by atoms with Gasteiger partial charge in [-0.25, -0.2) is 0 Å². The minimum Gasteiger partial charge on any atom is -0.471 e. The summed E-state index contributed by atoms with van der Waals surface area (Å²) < 4.78 is 41.7. The Kier molecular flexibility index (Phi) is 26.7. The largest absolute Gasteiger partial charge is 1.00 e. The summed E-state index contributed by atoms with van der Waals surface area (Å²) in [6, 6.07) is 9.14. The van der Waals surface area contributed by atoms with Gasteiger partial charge in [0.15, 0.2) is 0 Å². The van der Waals surface area contributed by atoms with E-state index >= 15 is 0 Å². The van der Waals surface area contributed by atoms with Gasteiger partial charge in [0.25, 0.3) is 0 Å². The molecule has 0 radical (unpaired) electrons. The Morgan fingerprint density at radius 3 is 0.659 bits per heavy atom. The molecule has 2 aliphatic heterocycles. The first kappa shape index (κ1) is 42.6. The summed E-state index contributed by atoms with van der Waals surface area (Å²) in [5.41, 5.74) is 8.31. The van der Waals surface area contributed by atoms with E-state index in [9.17, 15) is 0 Å². The molecule has 44 heavy (non-hydrogen) atoms. The van der Waals surface area contributed by atoms with Gasteiger partial charge in [-0.2, -0.15) is 10.6 Å². The van der Waals surface area contributed by atoms with Crippen molar-refractivity contribution in [1.82, 2.24) is 0 Å². The quantitative estimate of drug-likeness (QED) is 0.429. The molecular weight excluding hydrogens is 700 g/mol. The summed E-state index contributed by atoms with van der Waals surface area (Å²) in [6.07, 6.45) is 0. The minimum absolute atomic E-state index is 0. The number of ether oxygens (including phenoxy) is 8. The molecule has 0 saturated carbocycles. The Morgan fingerprint density at radius 2 is 0.500 bits per heavy atom. The van der Waals surface area contributed by atoms with E-state index in [1.165, 1.54) is 52.6 Å². The van der Waals surface area contributed by atoms with Gasteiger partial charge < -0.3 is 46.5 Å². The van der Waals surface area contributed by atoms with Crippen molar-refractivity contribution in [2.75, 3.05) is 106 Å². The van der Waals surface area contributed by atoms with Crippen LogP contribution in [0.3, 0.4) is 0 Å². The van der Waals surface area contributed by atoms with E-state index in [2.05, 4.69) is 65.8 Å². The average Bonchev–Trinajstić information content (AvgIpc) is 2.93. The van der Waals surface area contributed by atoms with Crippen molar-refractivity contribution >= 4 is 19.2 Å². The van der Waals surface area contributed by atoms with Gasteiger partial charge in [-0.1, -0.05) is 57.6 Å². The second-order valence-corrected chi connectivity index (χ2v) is 11.6. The molecule has 2 aromatic rings. The van der Waals surface area contributed by atoms with E-state index in [0.717, 1.165) is 0 Å². The van der Waals surface area contributed by atoms with Gasteiger partial charge in [0, 0.05) is 0 Å². The molecule has 244 valence electrons. The molecule has 0 N–H and O–H groups in total. The van der Waals surface area contributed by atoms with Crippen molar-refractivity contribution < 1.29 is 107 Å². The van der Waals surface area contributed by atoms with E-state index in [1.807, 2.05) is 0 Å². The number of hydrogen-bond donors (Lipinski definition) is 0. The van der Waals surface area contributed by atoms with Gasteiger partial charge in [-0.3, -0.25) is 0 Å². The molecule has 0 unspecified atom stereocenters. The van der Waals surface area contributed by atoms with Crippen LogP contribution in [0.5, 0.6) is 0 Å². The smallest absolute Gasteiger partial charge is 0.471 e. The van der Waals surface area contributed by atoms with Crippen LogP contribution in [0.25, 0.3) is 0 Å². The molecular formula is C34H54CsO8P. The van der Waals surface area contributed by atoms with E-state index < -0.39 is 0 Å². The summed E-state index contributed by atoms with van der Waals surface area (Å²) in [7, 11) is 1.34. The molecule has 0 atom stereocenters. The van der Waals surface area contributed by atoms with Crippen molar-refractivity contribution in [3.63, 3.8) is 0 Å². The topological polar surface area (TPSA) is 73.8 Å². The van der Waals surface area contributed by atoms with Crippen LogP contribution in [-0.2, 0) is 37.9 Å². The van der Waals surface area contributed by atoms with Crippen LogP contribution in [0.2, 0.25) is 0 Å². The van der Waals surface area contributed by atoms with E-state index in [4.69, 9.17) is 37.9 Å². The van der Waals surface area contributed by atoms with Crippen molar-refractivity contribution in [3.05, 3.63) is 57.6 Å². The van der Waals surface area contributed by atoms with Crippen LogP contribution < -0.4 is 79.5 Å². The molecule has 4 rings (SSSR count). The first-order valence-electron chi connectivity index (χ1n) is 15.4. The molecule has 0 spiro atoms. The van der Waals surface area contributed by atoms with Crippen LogP contribution in [0.15, 0.2) is 24.3 Å². The fourth-order valence-corrected chi connectivity index (χ4v) is 5.76. The van der Waals surface area contributed by atoms with Crippen molar-refractivity contribution in [2.24, 2.45) is 0 Å². The molecule has 0 bridgehead atoms. The van der Waals surface area contributed by atoms with Crippen LogP contribution in [0, 0.1) is 41.5 Å². The summed E-state index contributed by atoms with van der Waals surface area (Å²) in [6.45, 7) is 23.5. The third-order valence-corrected chi connectivity index (χ3v) is 8.33. The Hall–Kier alpha value is 0.602. The fourth-order valence-electron chi connectivity index (χ4n) is 4.57. The molecule has 2 aliphatic rings. The number of benzene rings is 2. The van der Waals surface area contributed by atoms with Gasteiger partial charge in [0.1, 0.15) is 0 Å². The monoisotopic (exact) mass is 754 g/mol. The van der Waals surface area contributed by atoms with Gasteiger partial charge in [-0.15, -0.1) is 0 Å². The maximum Gasteiger partial charge on any atom is 1.00 e. The zero-order chi connectivity index (χ0) is 31.1. The molecule has 8 nitrogen and oxygen atoms in total. The van der Waals surface area contributed by atoms with E-state index in [0.29, 0.717) is 106 Å². The van der Waals surface area contributed by atoms with Crippen molar-refractivity contribution in [1.29, 1.82) is 0 Å². The van der Waals surface area contributed by atoms with Crippen LogP contribution in [0.4, 0.5) is 0 Å². The Labute approximate surface area is 327 Å². The summed E-state index contributed by atoms with van der Waals surface area (Å²) in [5, 5.41) is 2.92. The number of hydrogen-bond acceptors (Lipinski definition) is 8. The Balaban J connectivity index is 0.000000341. The minimum atomic E-state index is 0. The predicted octanol–water partition coefficient (Wildman–Crippen LogP) is 1.57.